The number of nitrogens with zero attached hydrogens (tertiary/aromatic N) is 1. The first kappa shape index (κ1) is 17.7. The van der Waals surface area contributed by atoms with Gasteiger partial charge < -0.3 is 20.1 Å². The van der Waals surface area contributed by atoms with E-state index in [-0.39, 0.29) is 12.3 Å². The van der Waals surface area contributed by atoms with Crippen molar-refractivity contribution in [3.05, 3.63) is 34.4 Å². The fraction of sp³-hybridized carbons (Fsp3) is 0.467. The smallest absolute Gasteiger partial charge is 0.335 e. The summed E-state index contributed by atoms with van der Waals surface area (Å²) in [5.41, 5.74) is 0.724. The molecule has 0 saturated carbocycles. The molecular weight excluding hydrogens is 318 g/mol. The number of hydrogen-bond donors (Lipinski definition) is 2. The average Bonchev–Trinajstić information content (AvgIpc) is 3.11. The molecule has 0 aromatic heterocycles. The third-order valence-electron chi connectivity index (χ3n) is 3.39. The molecule has 1 saturated heterocycles. The number of nitro benzene ring substituents is 1. The number of benzene rings is 1. The van der Waals surface area contributed by atoms with E-state index in [9.17, 15) is 19.7 Å². The molecule has 0 unspecified atom stereocenters. The minimum atomic E-state index is -0.554. The van der Waals surface area contributed by atoms with Gasteiger partial charge in [0.1, 0.15) is 0 Å². The van der Waals surface area contributed by atoms with E-state index in [1.807, 2.05) is 0 Å². The lowest BCUT2D eigenvalue weighted by atomic mass is 10.2. The van der Waals surface area contributed by atoms with Crippen LogP contribution in [0, 0.1) is 10.1 Å². The number of amides is 1. The second-order valence-corrected chi connectivity index (χ2v) is 5.19. The van der Waals surface area contributed by atoms with Crippen LogP contribution in [0.15, 0.2) is 24.3 Å². The molecule has 0 radical (unpaired) electrons. The maximum absolute atomic E-state index is 11.6. The Morgan fingerprint density at radius 2 is 2.04 bits per heavy atom. The van der Waals surface area contributed by atoms with Crippen LogP contribution in [0.5, 0.6) is 0 Å². The molecule has 2 N–H and O–H groups in total. The van der Waals surface area contributed by atoms with Gasteiger partial charge in [-0.05, 0) is 25.0 Å². The van der Waals surface area contributed by atoms with Crippen LogP contribution in [-0.2, 0) is 19.1 Å². The number of carbonyl (C=O) groups is 2. The van der Waals surface area contributed by atoms with E-state index in [1.165, 1.54) is 12.1 Å². The Bertz CT molecular complexity index is 583. The van der Waals surface area contributed by atoms with Crippen molar-refractivity contribution in [2.75, 3.05) is 31.6 Å². The fourth-order valence-electron chi connectivity index (χ4n) is 2.15. The van der Waals surface area contributed by atoms with E-state index in [2.05, 4.69) is 10.6 Å². The summed E-state index contributed by atoms with van der Waals surface area (Å²) in [7, 11) is 0. The zero-order valence-electron chi connectivity index (χ0n) is 13.0. The standard InChI is InChI=1S/C15H19N3O6/c19-14(10-24-15(20)13-2-1-9-23-13)17-8-7-16-11-3-5-12(6-4-11)18(21)22/h3-6,13,16H,1-2,7-10H2,(H,17,19)/t13-/m0/s1. The van der Waals surface area contributed by atoms with Crippen LogP contribution in [0.25, 0.3) is 0 Å². The predicted molar refractivity (Wildman–Crippen MR) is 84.5 cm³/mol. The Hall–Kier alpha value is -2.68. The van der Waals surface area contributed by atoms with Gasteiger partial charge in [0.2, 0.25) is 0 Å². The lowest BCUT2D eigenvalue weighted by Crippen LogP contribution is -2.34. The molecule has 1 fully saturated rings. The van der Waals surface area contributed by atoms with Crippen molar-refractivity contribution >= 4 is 23.3 Å². The quantitative estimate of drug-likeness (QED) is 0.312. The van der Waals surface area contributed by atoms with Crippen molar-refractivity contribution in [3.8, 4) is 0 Å². The Morgan fingerprint density at radius 1 is 1.29 bits per heavy atom. The Kier molecular flexibility index (Phi) is 6.50. The Balaban J connectivity index is 1.58. The largest absolute Gasteiger partial charge is 0.454 e. The molecule has 24 heavy (non-hydrogen) atoms. The van der Waals surface area contributed by atoms with Gasteiger partial charge in [0.25, 0.3) is 11.6 Å². The number of hydrogen-bond acceptors (Lipinski definition) is 7. The molecule has 1 heterocycles. The highest BCUT2D eigenvalue weighted by molar-refractivity contribution is 5.82. The van der Waals surface area contributed by atoms with E-state index >= 15 is 0 Å². The first-order valence-corrected chi connectivity index (χ1v) is 7.59. The number of carbonyl (C=O) groups excluding carboxylic acids is 2. The summed E-state index contributed by atoms with van der Waals surface area (Å²) in [5, 5.41) is 16.1. The summed E-state index contributed by atoms with van der Waals surface area (Å²) in [6.45, 7) is 0.965. The minimum absolute atomic E-state index is 0.0157. The lowest BCUT2D eigenvalue weighted by molar-refractivity contribution is -0.384. The van der Waals surface area contributed by atoms with Crippen LogP contribution in [-0.4, -0.2) is 49.2 Å². The van der Waals surface area contributed by atoms with Crippen molar-refractivity contribution in [1.82, 2.24) is 5.32 Å². The number of rotatable bonds is 8. The summed E-state index contributed by atoms with van der Waals surface area (Å²) < 4.78 is 10.0. The molecule has 1 amide bonds. The second-order valence-electron chi connectivity index (χ2n) is 5.19. The summed E-state index contributed by atoms with van der Waals surface area (Å²) in [6.07, 6.45) is 0.890. The topological polar surface area (TPSA) is 120 Å². The number of ether oxygens (including phenoxy) is 2. The molecule has 0 aliphatic carbocycles. The molecule has 1 aliphatic rings. The van der Waals surface area contributed by atoms with Crippen LogP contribution in [0.2, 0.25) is 0 Å². The van der Waals surface area contributed by atoms with Crippen LogP contribution in [0.3, 0.4) is 0 Å². The number of nitro groups is 1. The SMILES string of the molecule is O=C(COC(=O)[C@@H]1CCCO1)NCCNc1ccc([N+](=O)[O-])cc1. The molecule has 9 nitrogen and oxygen atoms in total. The summed E-state index contributed by atoms with van der Waals surface area (Å²) in [4.78, 5) is 33.2. The summed E-state index contributed by atoms with van der Waals surface area (Å²) in [6, 6.07) is 5.96. The number of esters is 1. The van der Waals surface area contributed by atoms with E-state index in [1.54, 1.807) is 12.1 Å². The zero-order valence-corrected chi connectivity index (χ0v) is 13.0. The first-order valence-electron chi connectivity index (χ1n) is 7.59. The molecule has 9 heteroatoms. The summed E-state index contributed by atoms with van der Waals surface area (Å²) >= 11 is 0. The van der Waals surface area contributed by atoms with Gasteiger partial charge in [-0.25, -0.2) is 4.79 Å². The lowest BCUT2D eigenvalue weighted by Gasteiger charge is -2.10. The minimum Gasteiger partial charge on any atom is -0.454 e. The van der Waals surface area contributed by atoms with Crippen LogP contribution < -0.4 is 10.6 Å². The van der Waals surface area contributed by atoms with E-state index < -0.39 is 22.9 Å². The normalized spacial score (nSPS) is 16.4. The molecule has 1 aromatic rings. The fourth-order valence-corrected chi connectivity index (χ4v) is 2.15. The molecule has 0 bridgehead atoms. The highest BCUT2D eigenvalue weighted by Crippen LogP contribution is 2.15. The van der Waals surface area contributed by atoms with Crippen LogP contribution in [0.4, 0.5) is 11.4 Å². The number of nitrogens with one attached hydrogen (secondary N) is 2. The molecule has 130 valence electrons. The third kappa shape index (κ3) is 5.51. The average molecular weight is 337 g/mol. The van der Waals surface area contributed by atoms with Crippen molar-refractivity contribution in [1.29, 1.82) is 0 Å². The number of non-ortho nitro benzene ring substituents is 1. The summed E-state index contributed by atoms with van der Waals surface area (Å²) in [5.74, 6) is -0.904. The first-order chi connectivity index (χ1) is 11.6. The third-order valence-corrected chi connectivity index (χ3v) is 3.39. The van der Waals surface area contributed by atoms with E-state index in [0.717, 1.165) is 6.42 Å². The highest BCUT2D eigenvalue weighted by Gasteiger charge is 2.25. The van der Waals surface area contributed by atoms with Crippen molar-refractivity contribution in [3.63, 3.8) is 0 Å². The monoisotopic (exact) mass is 337 g/mol. The van der Waals surface area contributed by atoms with Crippen molar-refractivity contribution in [2.24, 2.45) is 0 Å². The molecular formula is C15H19N3O6. The van der Waals surface area contributed by atoms with Gasteiger partial charge in [0, 0.05) is 37.5 Å². The van der Waals surface area contributed by atoms with Gasteiger partial charge in [-0.2, -0.15) is 0 Å². The molecule has 1 atom stereocenters. The molecule has 1 aromatic carbocycles. The van der Waals surface area contributed by atoms with Gasteiger partial charge >= 0.3 is 5.97 Å². The van der Waals surface area contributed by atoms with Crippen LogP contribution in [0.1, 0.15) is 12.8 Å². The predicted octanol–water partition coefficient (Wildman–Crippen LogP) is 0.845. The van der Waals surface area contributed by atoms with Gasteiger partial charge in [-0.1, -0.05) is 0 Å². The Morgan fingerprint density at radius 3 is 2.67 bits per heavy atom. The highest BCUT2D eigenvalue weighted by atomic mass is 16.6. The van der Waals surface area contributed by atoms with Crippen LogP contribution >= 0.6 is 0 Å². The Labute approximate surface area is 138 Å². The van der Waals surface area contributed by atoms with E-state index in [4.69, 9.17) is 9.47 Å². The van der Waals surface area contributed by atoms with Gasteiger partial charge in [0.05, 0.1) is 4.92 Å². The molecule has 1 aliphatic heterocycles. The maximum atomic E-state index is 11.6. The maximum Gasteiger partial charge on any atom is 0.335 e. The second kappa shape index (κ2) is 8.82. The van der Waals surface area contributed by atoms with E-state index in [0.29, 0.717) is 31.8 Å². The molecule has 0 spiro atoms. The number of anilines is 1. The van der Waals surface area contributed by atoms with Crippen molar-refractivity contribution < 1.29 is 24.0 Å². The van der Waals surface area contributed by atoms with Gasteiger partial charge in [0.15, 0.2) is 12.7 Å². The zero-order chi connectivity index (χ0) is 17.4. The van der Waals surface area contributed by atoms with Crippen molar-refractivity contribution in [2.45, 2.75) is 18.9 Å². The van der Waals surface area contributed by atoms with Gasteiger partial charge in [-0.15, -0.1) is 0 Å². The van der Waals surface area contributed by atoms with Gasteiger partial charge in [-0.3, -0.25) is 14.9 Å². The molecule has 2 rings (SSSR count).